The fourth-order valence-electron chi connectivity index (χ4n) is 2.51. The number of allylic oxidation sites excluding steroid dienone is 3. The number of nitro groups is 2. The van der Waals surface area contributed by atoms with E-state index in [1.165, 1.54) is 35.6 Å². The van der Waals surface area contributed by atoms with Gasteiger partial charge in [-0.05, 0) is 18.2 Å². The Morgan fingerprint density at radius 1 is 1.10 bits per heavy atom. The van der Waals surface area contributed by atoms with Crippen molar-refractivity contribution in [2.24, 2.45) is 0 Å². The Labute approximate surface area is 169 Å². The maximum atomic E-state index is 11.1. The normalized spacial score (nSPS) is 11.3. The molecule has 2 aromatic carbocycles. The number of benzene rings is 2. The fourth-order valence-corrected chi connectivity index (χ4v) is 3.31. The third-order valence-corrected chi connectivity index (χ3v) is 4.76. The summed E-state index contributed by atoms with van der Waals surface area (Å²) >= 11 is 1.23. The Morgan fingerprint density at radius 3 is 2.62 bits per heavy atom. The van der Waals surface area contributed by atoms with Crippen molar-refractivity contribution in [1.29, 1.82) is 5.26 Å². The van der Waals surface area contributed by atoms with Crippen molar-refractivity contribution in [2.45, 2.75) is 0 Å². The maximum Gasteiger partial charge on any atom is 0.276 e. The summed E-state index contributed by atoms with van der Waals surface area (Å²) in [6.07, 6.45) is 4.62. The quantitative estimate of drug-likeness (QED) is 0.239. The van der Waals surface area contributed by atoms with Crippen LogP contribution in [0.15, 0.2) is 66.1 Å². The van der Waals surface area contributed by atoms with Crippen LogP contribution in [-0.4, -0.2) is 14.8 Å². The van der Waals surface area contributed by atoms with Crippen LogP contribution >= 0.6 is 11.3 Å². The van der Waals surface area contributed by atoms with Gasteiger partial charge in [-0.3, -0.25) is 20.2 Å². The van der Waals surface area contributed by atoms with Gasteiger partial charge in [-0.15, -0.1) is 11.3 Å². The molecule has 0 unspecified atom stereocenters. The van der Waals surface area contributed by atoms with Gasteiger partial charge in [0.2, 0.25) is 0 Å². The highest BCUT2D eigenvalue weighted by Crippen LogP contribution is 2.28. The molecule has 0 aliphatic rings. The molecule has 0 aliphatic heterocycles. The summed E-state index contributed by atoms with van der Waals surface area (Å²) in [4.78, 5) is 25.4. The lowest BCUT2D eigenvalue weighted by Gasteiger charge is -1.97. The lowest BCUT2D eigenvalue weighted by atomic mass is 10.1. The van der Waals surface area contributed by atoms with E-state index in [-0.39, 0.29) is 16.9 Å². The van der Waals surface area contributed by atoms with Gasteiger partial charge in [0.25, 0.3) is 11.4 Å². The molecule has 0 fully saturated rings. The second-order valence-electron chi connectivity index (χ2n) is 5.71. The van der Waals surface area contributed by atoms with Gasteiger partial charge >= 0.3 is 0 Å². The number of rotatable bonds is 6. The molecule has 0 aliphatic carbocycles. The van der Waals surface area contributed by atoms with E-state index in [9.17, 15) is 25.5 Å². The van der Waals surface area contributed by atoms with Crippen LogP contribution in [0.4, 0.5) is 11.4 Å². The number of non-ortho nitro benzene ring substituents is 1. The first kappa shape index (κ1) is 19.6. The van der Waals surface area contributed by atoms with Gasteiger partial charge in [-0.2, -0.15) is 5.26 Å². The molecule has 0 spiro atoms. The first-order valence-electron chi connectivity index (χ1n) is 8.22. The first-order valence-corrected chi connectivity index (χ1v) is 9.10. The summed E-state index contributed by atoms with van der Waals surface area (Å²) in [5, 5.41) is 33.6. The third-order valence-electron chi connectivity index (χ3n) is 3.88. The number of nitrogens with zero attached hydrogens (tertiary/aromatic N) is 4. The van der Waals surface area contributed by atoms with E-state index in [2.05, 4.69) is 11.1 Å². The minimum Gasteiger partial charge on any atom is -0.258 e. The number of thiazole rings is 1. The number of hydrogen-bond donors (Lipinski definition) is 0. The zero-order valence-corrected chi connectivity index (χ0v) is 15.6. The second kappa shape index (κ2) is 8.69. The lowest BCUT2D eigenvalue weighted by molar-refractivity contribution is -0.385. The molecule has 0 saturated heterocycles. The van der Waals surface area contributed by atoms with E-state index in [0.717, 1.165) is 0 Å². The summed E-state index contributed by atoms with van der Waals surface area (Å²) in [6, 6.07) is 14.4. The standard InChI is InChI=1S/C20H12N4O4S/c21-12-16(8-3-6-14-5-1-2-10-19(14)24(27)28)20-22-18(13-29-20)15-7-4-9-17(11-15)23(25)26/h1-11,13H/b6-3+,16-8-. The van der Waals surface area contributed by atoms with E-state index in [1.54, 1.807) is 47.9 Å². The lowest BCUT2D eigenvalue weighted by Crippen LogP contribution is -1.90. The van der Waals surface area contributed by atoms with Gasteiger partial charge in [0, 0.05) is 29.1 Å². The fraction of sp³-hybridized carbons (Fsp3) is 0. The summed E-state index contributed by atoms with van der Waals surface area (Å²) in [6.45, 7) is 0. The highest BCUT2D eigenvalue weighted by Gasteiger charge is 2.12. The molecule has 1 aromatic heterocycles. The molecule has 8 nitrogen and oxygen atoms in total. The average molecular weight is 404 g/mol. The molecule has 29 heavy (non-hydrogen) atoms. The summed E-state index contributed by atoms with van der Waals surface area (Å²) in [5.74, 6) is 0. The van der Waals surface area contributed by atoms with Crippen molar-refractivity contribution in [3.8, 4) is 17.3 Å². The third kappa shape index (κ3) is 4.58. The molecule has 0 saturated carbocycles. The molecule has 1 heterocycles. The van der Waals surface area contributed by atoms with Crippen LogP contribution in [0.3, 0.4) is 0 Å². The van der Waals surface area contributed by atoms with Crippen LogP contribution in [0.25, 0.3) is 22.9 Å². The van der Waals surface area contributed by atoms with Crippen LogP contribution in [-0.2, 0) is 0 Å². The van der Waals surface area contributed by atoms with Crippen molar-refractivity contribution in [1.82, 2.24) is 4.98 Å². The van der Waals surface area contributed by atoms with Crippen molar-refractivity contribution in [3.05, 3.63) is 96.9 Å². The topological polar surface area (TPSA) is 123 Å². The number of nitro benzene ring substituents is 2. The van der Waals surface area contributed by atoms with Crippen LogP contribution in [0.1, 0.15) is 10.6 Å². The maximum absolute atomic E-state index is 11.1. The van der Waals surface area contributed by atoms with Crippen LogP contribution < -0.4 is 0 Å². The molecular weight excluding hydrogens is 392 g/mol. The van der Waals surface area contributed by atoms with Crippen molar-refractivity contribution >= 4 is 34.4 Å². The zero-order chi connectivity index (χ0) is 20.8. The Balaban J connectivity index is 1.87. The molecule has 3 aromatic rings. The van der Waals surface area contributed by atoms with Crippen LogP contribution in [0.2, 0.25) is 0 Å². The Kier molecular flexibility index (Phi) is 5.87. The van der Waals surface area contributed by atoms with E-state index in [1.807, 2.05) is 0 Å². The van der Waals surface area contributed by atoms with Gasteiger partial charge in [0.15, 0.2) is 0 Å². The van der Waals surface area contributed by atoms with Gasteiger partial charge in [-0.1, -0.05) is 30.3 Å². The SMILES string of the molecule is N#C/C(=C/C=C/c1ccccc1[N+](=O)[O-])c1nc(-c2cccc([N+](=O)[O-])c2)cs1. The first-order chi connectivity index (χ1) is 14.0. The number of hydrogen-bond acceptors (Lipinski definition) is 7. The van der Waals surface area contributed by atoms with Crippen LogP contribution in [0.5, 0.6) is 0 Å². The minimum absolute atomic E-state index is 0.0298. The molecule has 0 atom stereocenters. The number of para-hydroxylation sites is 1. The average Bonchev–Trinajstić information content (AvgIpc) is 3.21. The van der Waals surface area contributed by atoms with Crippen molar-refractivity contribution in [3.63, 3.8) is 0 Å². The van der Waals surface area contributed by atoms with E-state index < -0.39 is 9.85 Å². The van der Waals surface area contributed by atoms with E-state index in [0.29, 0.717) is 21.8 Å². The molecule has 0 radical (unpaired) electrons. The molecule has 0 N–H and O–H groups in total. The Bertz CT molecular complexity index is 1190. The Morgan fingerprint density at radius 2 is 1.90 bits per heavy atom. The van der Waals surface area contributed by atoms with Gasteiger partial charge in [-0.25, -0.2) is 4.98 Å². The largest absolute Gasteiger partial charge is 0.276 e. The van der Waals surface area contributed by atoms with Crippen molar-refractivity contribution < 1.29 is 9.85 Å². The molecule has 3 rings (SSSR count). The monoisotopic (exact) mass is 404 g/mol. The highest BCUT2D eigenvalue weighted by molar-refractivity contribution is 7.11. The van der Waals surface area contributed by atoms with Crippen LogP contribution in [0, 0.1) is 31.6 Å². The number of aromatic nitrogens is 1. The van der Waals surface area contributed by atoms with Crippen molar-refractivity contribution in [2.75, 3.05) is 0 Å². The predicted molar refractivity (Wildman–Crippen MR) is 110 cm³/mol. The molecular formula is C20H12N4O4S. The summed E-state index contributed by atoms with van der Waals surface area (Å²) in [5.41, 5.74) is 1.73. The van der Waals surface area contributed by atoms with Gasteiger partial charge in [0.1, 0.15) is 11.1 Å². The molecule has 9 heteroatoms. The number of nitriles is 1. The molecule has 0 amide bonds. The predicted octanol–water partition coefficient (Wildman–Crippen LogP) is 5.25. The summed E-state index contributed by atoms with van der Waals surface area (Å²) < 4.78 is 0. The van der Waals surface area contributed by atoms with E-state index in [4.69, 9.17) is 0 Å². The highest BCUT2D eigenvalue weighted by atomic mass is 32.1. The van der Waals surface area contributed by atoms with E-state index >= 15 is 0 Å². The zero-order valence-electron chi connectivity index (χ0n) is 14.8. The second-order valence-corrected chi connectivity index (χ2v) is 6.57. The minimum atomic E-state index is -0.481. The smallest absolute Gasteiger partial charge is 0.258 e. The molecule has 0 bridgehead atoms. The van der Waals surface area contributed by atoms with Gasteiger partial charge in [0.05, 0.1) is 26.7 Å². The summed E-state index contributed by atoms with van der Waals surface area (Å²) in [7, 11) is 0. The molecule has 142 valence electrons. The Hall–Kier alpha value is -4.16. The van der Waals surface area contributed by atoms with Gasteiger partial charge < -0.3 is 0 Å².